The van der Waals surface area contributed by atoms with Crippen molar-refractivity contribution >= 4 is 5.91 Å². The minimum absolute atomic E-state index is 0.0379. The summed E-state index contributed by atoms with van der Waals surface area (Å²) in [6.45, 7) is 0.712. The lowest BCUT2D eigenvalue weighted by atomic mass is 10.0. The molecule has 1 amide bonds. The number of hydrogen-bond acceptors (Lipinski definition) is 3. The quantitative estimate of drug-likeness (QED) is 0.871. The number of para-hydroxylation sites is 1. The van der Waals surface area contributed by atoms with Crippen molar-refractivity contribution in [2.24, 2.45) is 0 Å². The highest BCUT2D eigenvalue weighted by molar-refractivity contribution is 5.78. The Morgan fingerprint density at radius 1 is 1.17 bits per heavy atom. The van der Waals surface area contributed by atoms with Crippen LogP contribution in [-0.2, 0) is 4.79 Å². The minimum atomic E-state index is -0.0397. The van der Waals surface area contributed by atoms with Gasteiger partial charge in [-0.2, -0.15) is 5.26 Å². The third kappa shape index (κ3) is 3.35. The van der Waals surface area contributed by atoms with E-state index in [1.165, 1.54) is 0 Å². The Morgan fingerprint density at radius 2 is 1.91 bits per heavy atom. The highest BCUT2D eigenvalue weighted by Gasteiger charge is 2.29. The molecule has 4 nitrogen and oxygen atoms in total. The van der Waals surface area contributed by atoms with Crippen LogP contribution in [0, 0.1) is 11.3 Å². The van der Waals surface area contributed by atoms with E-state index in [-0.39, 0.29) is 18.6 Å². The molecule has 0 aliphatic carbocycles. The summed E-state index contributed by atoms with van der Waals surface area (Å²) in [5.41, 5.74) is 1.61. The summed E-state index contributed by atoms with van der Waals surface area (Å²) in [7, 11) is 0. The first-order valence-electron chi connectivity index (χ1n) is 7.76. The van der Waals surface area contributed by atoms with Crippen molar-refractivity contribution in [1.82, 2.24) is 4.90 Å². The van der Waals surface area contributed by atoms with Crippen LogP contribution in [0.15, 0.2) is 54.6 Å². The molecule has 1 fully saturated rings. The molecule has 4 heteroatoms. The lowest BCUT2D eigenvalue weighted by Crippen LogP contribution is -2.34. The standard InChI is InChI=1S/C19H18N2O2/c20-13-16-9-4-5-11-18(16)23-14-19(22)21-12-6-10-17(21)15-7-2-1-3-8-15/h1-5,7-9,11,17H,6,10,12,14H2. The van der Waals surface area contributed by atoms with E-state index in [0.717, 1.165) is 24.9 Å². The summed E-state index contributed by atoms with van der Waals surface area (Å²) >= 11 is 0. The maximum atomic E-state index is 12.5. The number of ether oxygens (including phenoxy) is 1. The average molecular weight is 306 g/mol. The van der Waals surface area contributed by atoms with Crippen LogP contribution < -0.4 is 4.74 Å². The van der Waals surface area contributed by atoms with Gasteiger partial charge in [0.05, 0.1) is 11.6 Å². The van der Waals surface area contributed by atoms with Crippen molar-refractivity contribution in [2.45, 2.75) is 18.9 Å². The van der Waals surface area contributed by atoms with Gasteiger partial charge in [-0.25, -0.2) is 0 Å². The zero-order chi connectivity index (χ0) is 16.1. The number of nitrogens with zero attached hydrogens (tertiary/aromatic N) is 2. The molecule has 1 atom stereocenters. The lowest BCUT2D eigenvalue weighted by molar-refractivity contribution is -0.134. The third-order valence-corrected chi connectivity index (χ3v) is 4.12. The Bertz CT molecular complexity index is 722. The fraction of sp³-hybridized carbons (Fsp3) is 0.263. The molecule has 0 aromatic heterocycles. The Kier molecular flexibility index (Phi) is 4.58. The molecule has 116 valence electrons. The molecule has 2 aromatic carbocycles. The van der Waals surface area contributed by atoms with Crippen molar-refractivity contribution in [3.05, 3.63) is 65.7 Å². The second-order valence-corrected chi connectivity index (χ2v) is 5.55. The topological polar surface area (TPSA) is 53.3 Å². The maximum Gasteiger partial charge on any atom is 0.261 e. The summed E-state index contributed by atoms with van der Waals surface area (Å²) in [6.07, 6.45) is 1.98. The molecule has 0 saturated carbocycles. The molecule has 0 spiro atoms. The molecule has 23 heavy (non-hydrogen) atoms. The van der Waals surface area contributed by atoms with Crippen LogP contribution in [0.3, 0.4) is 0 Å². The fourth-order valence-corrected chi connectivity index (χ4v) is 2.99. The Balaban J connectivity index is 1.67. The van der Waals surface area contributed by atoms with Crippen LogP contribution in [0.1, 0.15) is 30.0 Å². The largest absolute Gasteiger partial charge is 0.482 e. The number of carbonyl (C=O) groups excluding carboxylic acids is 1. The Hall–Kier alpha value is -2.80. The fourth-order valence-electron chi connectivity index (χ4n) is 2.99. The molecule has 1 heterocycles. The van der Waals surface area contributed by atoms with Gasteiger partial charge in [-0.05, 0) is 30.5 Å². The summed E-state index contributed by atoms with van der Waals surface area (Å²) in [6, 6.07) is 19.3. The van der Waals surface area contributed by atoms with E-state index in [0.29, 0.717) is 11.3 Å². The normalized spacial score (nSPS) is 16.8. The van der Waals surface area contributed by atoms with E-state index in [1.54, 1.807) is 24.3 Å². The first-order valence-corrected chi connectivity index (χ1v) is 7.76. The van der Waals surface area contributed by atoms with Crippen molar-refractivity contribution in [3.63, 3.8) is 0 Å². The van der Waals surface area contributed by atoms with E-state index in [9.17, 15) is 4.79 Å². The van der Waals surface area contributed by atoms with E-state index in [4.69, 9.17) is 10.00 Å². The van der Waals surface area contributed by atoms with Gasteiger partial charge in [-0.1, -0.05) is 42.5 Å². The predicted molar refractivity (Wildman–Crippen MR) is 86.8 cm³/mol. The van der Waals surface area contributed by atoms with Gasteiger partial charge in [0.15, 0.2) is 6.61 Å². The molecule has 2 aromatic rings. The summed E-state index contributed by atoms with van der Waals surface area (Å²) in [4.78, 5) is 14.4. The summed E-state index contributed by atoms with van der Waals surface area (Å²) < 4.78 is 5.57. The van der Waals surface area contributed by atoms with Crippen molar-refractivity contribution in [3.8, 4) is 11.8 Å². The second-order valence-electron chi connectivity index (χ2n) is 5.55. The second kappa shape index (κ2) is 6.97. The summed E-state index contributed by atoms with van der Waals surface area (Å²) in [5.74, 6) is 0.419. The number of amides is 1. The molecule has 1 unspecified atom stereocenters. The van der Waals surface area contributed by atoms with Gasteiger partial charge >= 0.3 is 0 Å². The predicted octanol–water partition coefficient (Wildman–Crippen LogP) is 3.30. The zero-order valence-electron chi connectivity index (χ0n) is 12.8. The molecule has 1 saturated heterocycles. The monoisotopic (exact) mass is 306 g/mol. The van der Waals surface area contributed by atoms with Gasteiger partial charge in [0.1, 0.15) is 11.8 Å². The van der Waals surface area contributed by atoms with Gasteiger partial charge in [0.2, 0.25) is 0 Å². The molecule has 0 bridgehead atoms. The van der Waals surface area contributed by atoms with Gasteiger partial charge in [-0.3, -0.25) is 4.79 Å². The van der Waals surface area contributed by atoms with E-state index in [2.05, 4.69) is 18.2 Å². The molecule has 0 radical (unpaired) electrons. The van der Waals surface area contributed by atoms with E-state index >= 15 is 0 Å². The smallest absolute Gasteiger partial charge is 0.261 e. The van der Waals surface area contributed by atoms with Crippen molar-refractivity contribution in [2.75, 3.05) is 13.2 Å². The van der Waals surface area contributed by atoms with Crippen LogP contribution in [0.5, 0.6) is 5.75 Å². The number of nitriles is 1. The molecule has 0 N–H and O–H groups in total. The highest BCUT2D eigenvalue weighted by atomic mass is 16.5. The molecular weight excluding hydrogens is 288 g/mol. The summed E-state index contributed by atoms with van der Waals surface area (Å²) in [5, 5.41) is 9.06. The first kappa shape index (κ1) is 15.1. The molecular formula is C19H18N2O2. The van der Waals surface area contributed by atoms with Gasteiger partial charge in [-0.15, -0.1) is 0 Å². The van der Waals surface area contributed by atoms with E-state index in [1.807, 2.05) is 23.1 Å². The lowest BCUT2D eigenvalue weighted by Gasteiger charge is -2.25. The first-order chi connectivity index (χ1) is 11.3. The highest BCUT2D eigenvalue weighted by Crippen LogP contribution is 2.31. The SMILES string of the molecule is N#Cc1ccccc1OCC(=O)N1CCCC1c1ccccc1. The van der Waals surface area contributed by atoms with Crippen LogP contribution in [0.25, 0.3) is 0 Å². The number of carbonyl (C=O) groups is 1. The van der Waals surface area contributed by atoms with Crippen molar-refractivity contribution in [1.29, 1.82) is 5.26 Å². The number of benzene rings is 2. The third-order valence-electron chi connectivity index (χ3n) is 4.12. The number of hydrogen-bond donors (Lipinski definition) is 0. The number of rotatable bonds is 4. The van der Waals surface area contributed by atoms with Gasteiger partial charge in [0.25, 0.3) is 5.91 Å². The van der Waals surface area contributed by atoms with Gasteiger partial charge < -0.3 is 9.64 Å². The molecule has 1 aliphatic rings. The zero-order valence-corrected chi connectivity index (χ0v) is 12.8. The van der Waals surface area contributed by atoms with Gasteiger partial charge in [0, 0.05) is 6.54 Å². The maximum absolute atomic E-state index is 12.5. The van der Waals surface area contributed by atoms with Crippen LogP contribution in [-0.4, -0.2) is 24.0 Å². The molecule has 3 rings (SSSR count). The average Bonchev–Trinajstić information content (AvgIpc) is 3.10. The van der Waals surface area contributed by atoms with Crippen LogP contribution in [0.2, 0.25) is 0 Å². The Morgan fingerprint density at radius 3 is 2.70 bits per heavy atom. The molecule has 1 aliphatic heterocycles. The minimum Gasteiger partial charge on any atom is -0.482 e. The van der Waals surface area contributed by atoms with Crippen LogP contribution in [0.4, 0.5) is 0 Å². The number of likely N-dealkylation sites (tertiary alicyclic amines) is 1. The van der Waals surface area contributed by atoms with E-state index < -0.39 is 0 Å². The van der Waals surface area contributed by atoms with Crippen LogP contribution >= 0.6 is 0 Å². The van der Waals surface area contributed by atoms with Crippen molar-refractivity contribution < 1.29 is 9.53 Å². The Labute approximate surface area is 135 Å².